The highest BCUT2D eigenvalue weighted by atomic mass is 79.9. The number of amides is 1. The van der Waals surface area contributed by atoms with Crippen molar-refractivity contribution < 1.29 is 9.53 Å². The number of carbonyl (C=O) groups excluding carboxylic acids is 1. The molecule has 4 heteroatoms. The third kappa shape index (κ3) is 2.28. The number of nitrogens with zero attached hydrogens (tertiary/aromatic N) is 1. The molecule has 2 aliphatic heterocycles. The molecule has 0 saturated carbocycles. The van der Waals surface area contributed by atoms with Crippen LogP contribution in [0.1, 0.15) is 19.3 Å². The summed E-state index contributed by atoms with van der Waals surface area (Å²) in [5.74, 6) is 0.566. The van der Waals surface area contributed by atoms with Crippen molar-refractivity contribution >= 4 is 21.8 Å². The van der Waals surface area contributed by atoms with Crippen LogP contribution in [0, 0.1) is 5.92 Å². The summed E-state index contributed by atoms with van der Waals surface area (Å²) in [6, 6.07) is 0. The average molecular weight is 262 g/mol. The van der Waals surface area contributed by atoms with E-state index in [1.807, 2.05) is 4.90 Å². The predicted octanol–water partition coefficient (Wildman–Crippen LogP) is 1.41. The van der Waals surface area contributed by atoms with Crippen LogP contribution in [0.4, 0.5) is 0 Å². The lowest BCUT2D eigenvalue weighted by Gasteiger charge is -2.26. The molecule has 2 heterocycles. The normalized spacial score (nSPS) is 29.5. The van der Waals surface area contributed by atoms with Gasteiger partial charge in [0.05, 0.1) is 0 Å². The Morgan fingerprint density at radius 1 is 1.29 bits per heavy atom. The van der Waals surface area contributed by atoms with Gasteiger partial charge in [-0.05, 0) is 19.3 Å². The second-order valence-electron chi connectivity index (χ2n) is 4.06. The zero-order valence-corrected chi connectivity index (χ0v) is 9.83. The lowest BCUT2D eigenvalue weighted by molar-refractivity contribution is -0.137. The minimum Gasteiger partial charge on any atom is -0.381 e. The van der Waals surface area contributed by atoms with E-state index in [0.717, 1.165) is 45.6 Å². The van der Waals surface area contributed by atoms with E-state index >= 15 is 0 Å². The molecule has 0 aromatic carbocycles. The van der Waals surface area contributed by atoms with E-state index in [1.54, 1.807) is 0 Å². The SMILES string of the molecule is O=C(C1CCOCC1)N1CCC(Br)C1. The van der Waals surface area contributed by atoms with E-state index in [4.69, 9.17) is 4.74 Å². The zero-order valence-electron chi connectivity index (χ0n) is 8.25. The first-order valence-electron chi connectivity index (χ1n) is 5.28. The highest BCUT2D eigenvalue weighted by Gasteiger charge is 2.30. The number of carbonyl (C=O) groups is 1. The first-order valence-corrected chi connectivity index (χ1v) is 6.19. The highest BCUT2D eigenvalue weighted by molar-refractivity contribution is 9.09. The lowest BCUT2D eigenvalue weighted by atomic mass is 9.99. The summed E-state index contributed by atoms with van der Waals surface area (Å²) < 4.78 is 5.25. The number of hydrogen-bond acceptors (Lipinski definition) is 2. The monoisotopic (exact) mass is 261 g/mol. The summed E-state index contributed by atoms with van der Waals surface area (Å²) in [5, 5.41) is 0. The molecule has 1 unspecified atom stereocenters. The zero-order chi connectivity index (χ0) is 9.97. The van der Waals surface area contributed by atoms with Crippen LogP contribution in [-0.2, 0) is 9.53 Å². The van der Waals surface area contributed by atoms with Gasteiger partial charge in [0, 0.05) is 37.0 Å². The number of halogens is 1. The van der Waals surface area contributed by atoms with Crippen molar-refractivity contribution in [2.45, 2.75) is 24.1 Å². The smallest absolute Gasteiger partial charge is 0.225 e. The summed E-state index contributed by atoms with van der Waals surface area (Å²) >= 11 is 3.55. The fourth-order valence-electron chi connectivity index (χ4n) is 2.12. The van der Waals surface area contributed by atoms with Gasteiger partial charge in [0.1, 0.15) is 0 Å². The maximum absolute atomic E-state index is 12.0. The summed E-state index contributed by atoms with van der Waals surface area (Å²) in [6.07, 6.45) is 2.90. The maximum atomic E-state index is 12.0. The highest BCUT2D eigenvalue weighted by Crippen LogP contribution is 2.23. The van der Waals surface area contributed by atoms with Crippen LogP contribution < -0.4 is 0 Å². The maximum Gasteiger partial charge on any atom is 0.225 e. The van der Waals surface area contributed by atoms with Crippen molar-refractivity contribution in [3.8, 4) is 0 Å². The molecule has 0 bridgehead atoms. The van der Waals surface area contributed by atoms with Crippen molar-refractivity contribution in [1.29, 1.82) is 0 Å². The molecular formula is C10H16BrNO2. The van der Waals surface area contributed by atoms with Crippen LogP contribution in [-0.4, -0.2) is 41.9 Å². The molecule has 0 aliphatic carbocycles. The van der Waals surface area contributed by atoms with Gasteiger partial charge >= 0.3 is 0 Å². The Hall–Kier alpha value is -0.0900. The minimum absolute atomic E-state index is 0.224. The van der Waals surface area contributed by atoms with Gasteiger partial charge in [0.25, 0.3) is 0 Å². The molecule has 14 heavy (non-hydrogen) atoms. The second-order valence-corrected chi connectivity index (χ2v) is 5.35. The predicted molar refractivity (Wildman–Crippen MR) is 57.5 cm³/mol. The van der Waals surface area contributed by atoms with Crippen LogP contribution in [0.2, 0.25) is 0 Å². The fraction of sp³-hybridized carbons (Fsp3) is 0.900. The lowest BCUT2D eigenvalue weighted by Crippen LogP contribution is -2.37. The van der Waals surface area contributed by atoms with Crippen LogP contribution in [0.25, 0.3) is 0 Å². The Bertz CT molecular complexity index is 209. The third-order valence-corrected chi connectivity index (χ3v) is 3.76. The molecule has 2 rings (SSSR count). The molecule has 0 aromatic heterocycles. The van der Waals surface area contributed by atoms with Crippen molar-refractivity contribution in [3.05, 3.63) is 0 Å². The topological polar surface area (TPSA) is 29.5 Å². The van der Waals surface area contributed by atoms with Crippen molar-refractivity contribution in [2.75, 3.05) is 26.3 Å². The molecule has 2 aliphatic rings. The number of likely N-dealkylation sites (tertiary alicyclic amines) is 1. The molecule has 2 fully saturated rings. The number of alkyl halides is 1. The number of hydrogen-bond donors (Lipinski definition) is 0. The molecule has 0 spiro atoms. The minimum atomic E-state index is 0.224. The molecule has 3 nitrogen and oxygen atoms in total. The molecule has 0 N–H and O–H groups in total. The number of ether oxygens (including phenoxy) is 1. The van der Waals surface area contributed by atoms with Crippen molar-refractivity contribution in [2.24, 2.45) is 5.92 Å². The average Bonchev–Trinajstić information content (AvgIpc) is 2.65. The molecular weight excluding hydrogens is 246 g/mol. The van der Waals surface area contributed by atoms with E-state index in [2.05, 4.69) is 15.9 Å². The summed E-state index contributed by atoms with van der Waals surface area (Å²) in [4.78, 5) is 14.5. The summed E-state index contributed by atoms with van der Waals surface area (Å²) in [5.41, 5.74) is 0. The van der Waals surface area contributed by atoms with Crippen molar-refractivity contribution in [1.82, 2.24) is 4.90 Å². The Morgan fingerprint density at radius 3 is 2.57 bits per heavy atom. The van der Waals surface area contributed by atoms with Gasteiger partial charge in [0.2, 0.25) is 5.91 Å². The number of rotatable bonds is 1. The van der Waals surface area contributed by atoms with Crippen LogP contribution in [0.3, 0.4) is 0 Å². The second kappa shape index (κ2) is 4.62. The van der Waals surface area contributed by atoms with Crippen LogP contribution in [0.15, 0.2) is 0 Å². The van der Waals surface area contributed by atoms with Crippen molar-refractivity contribution in [3.63, 3.8) is 0 Å². The summed E-state index contributed by atoms with van der Waals surface area (Å²) in [7, 11) is 0. The van der Waals surface area contributed by atoms with E-state index in [-0.39, 0.29) is 5.92 Å². The fourth-order valence-corrected chi connectivity index (χ4v) is 2.67. The Morgan fingerprint density at radius 2 is 2.00 bits per heavy atom. The van der Waals surface area contributed by atoms with E-state index in [9.17, 15) is 4.79 Å². The first-order chi connectivity index (χ1) is 6.77. The third-order valence-electron chi connectivity index (χ3n) is 3.01. The first kappa shape index (κ1) is 10.4. The van der Waals surface area contributed by atoms with Gasteiger partial charge < -0.3 is 9.64 Å². The quantitative estimate of drug-likeness (QED) is 0.669. The van der Waals surface area contributed by atoms with Gasteiger partial charge in [-0.2, -0.15) is 0 Å². The standard InChI is InChI=1S/C10H16BrNO2/c11-9-1-4-12(7-9)10(13)8-2-5-14-6-3-8/h8-9H,1-7H2. The largest absolute Gasteiger partial charge is 0.381 e. The van der Waals surface area contributed by atoms with E-state index in [1.165, 1.54) is 0 Å². The molecule has 0 radical (unpaired) electrons. The molecule has 2 saturated heterocycles. The van der Waals surface area contributed by atoms with E-state index < -0.39 is 0 Å². The molecule has 1 atom stereocenters. The Labute approximate surface area is 92.9 Å². The van der Waals surface area contributed by atoms with Crippen LogP contribution in [0.5, 0.6) is 0 Å². The van der Waals surface area contributed by atoms with Gasteiger partial charge in [-0.15, -0.1) is 0 Å². The molecule has 1 amide bonds. The van der Waals surface area contributed by atoms with Crippen LogP contribution >= 0.6 is 15.9 Å². The van der Waals surface area contributed by atoms with E-state index in [0.29, 0.717) is 10.7 Å². The van der Waals surface area contributed by atoms with Gasteiger partial charge in [-0.3, -0.25) is 4.79 Å². The Balaban J connectivity index is 1.87. The molecule has 80 valence electrons. The van der Waals surface area contributed by atoms with Gasteiger partial charge in [0.15, 0.2) is 0 Å². The summed E-state index contributed by atoms with van der Waals surface area (Å²) in [6.45, 7) is 3.31. The van der Waals surface area contributed by atoms with Gasteiger partial charge in [-0.25, -0.2) is 0 Å². The Kier molecular flexibility index (Phi) is 3.44. The van der Waals surface area contributed by atoms with Gasteiger partial charge in [-0.1, -0.05) is 15.9 Å². The molecule has 0 aromatic rings.